The van der Waals surface area contributed by atoms with E-state index in [4.69, 9.17) is 9.47 Å². The quantitative estimate of drug-likeness (QED) is 0.392. The van der Waals surface area contributed by atoms with Crippen LogP contribution in [0.2, 0.25) is 0 Å². The first-order chi connectivity index (χ1) is 11.6. The SMILES string of the molecule is O=C(Oc1ccc([N+](=O)[O-])cc1)OC1(N2C=CNC=C2)CCCC1. The van der Waals surface area contributed by atoms with Crippen molar-refractivity contribution in [3.8, 4) is 5.75 Å². The number of nitrogens with one attached hydrogen (secondary N) is 1. The molecule has 8 nitrogen and oxygen atoms in total. The van der Waals surface area contributed by atoms with Gasteiger partial charge in [0.1, 0.15) is 5.75 Å². The van der Waals surface area contributed by atoms with E-state index in [2.05, 4.69) is 5.32 Å². The van der Waals surface area contributed by atoms with E-state index in [-0.39, 0.29) is 11.4 Å². The Morgan fingerprint density at radius 1 is 1.17 bits per heavy atom. The van der Waals surface area contributed by atoms with Gasteiger partial charge >= 0.3 is 6.16 Å². The van der Waals surface area contributed by atoms with Crippen molar-refractivity contribution in [2.24, 2.45) is 0 Å². The molecule has 1 aliphatic heterocycles. The van der Waals surface area contributed by atoms with Crippen molar-refractivity contribution >= 4 is 11.8 Å². The van der Waals surface area contributed by atoms with Crippen LogP contribution in [0.5, 0.6) is 5.75 Å². The first kappa shape index (κ1) is 15.9. The van der Waals surface area contributed by atoms with Crippen molar-refractivity contribution < 1.29 is 19.2 Å². The van der Waals surface area contributed by atoms with E-state index in [1.54, 1.807) is 12.4 Å². The summed E-state index contributed by atoms with van der Waals surface area (Å²) in [6.45, 7) is 0. The number of carbonyl (C=O) groups is 1. The molecule has 1 saturated carbocycles. The van der Waals surface area contributed by atoms with Gasteiger partial charge in [0.25, 0.3) is 5.69 Å². The van der Waals surface area contributed by atoms with E-state index >= 15 is 0 Å². The molecule has 1 N–H and O–H groups in total. The highest BCUT2D eigenvalue weighted by molar-refractivity contribution is 5.64. The Labute approximate surface area is 138 Å². The lowest BCUT2D eigenvalue weighted by molar-refractivity contribution is -0.384. The molecule has 0 amide bonds. The zero-order chi connectivity index (χ0) is 17.0. The molecule has 0 saturated heterocycles. The number of hydrogen-bond acceptors (Lipinski definition) is 7. The second-order valence-corrected chi connectivity index (χ2v) is 5.56. The molecule has 24 heavy (non-hydrogen) atoms. The highest BCUT2D eigenvalue weighted by Crippen LogP contribution is 2.38. The highest BCUT2D eigenvalue weighted by atomic mass is 16.7. The number of nitrogens with zero attached hydrogens (tertiary/aromatic N) is 2. The second kappa shape index (κ2) is 6.61. The fraction of sp³-hybridized carbons (Fsp3) is 0.312. The molecule has 0 bridgehead atoms. The number of carbonyl (C=O) groups excluding carboxylic acids is 1. The monoisotopic (exact) mass is 331 g/mol. The maximum absolute atomic E-state index is 12.2. The number of nitro groups is 1. The van der Waals surface area contributed by atoms with Crippen molar-refractivity contribution in [1.29, 1.82) is 0 Å². The van der Waals surface area contributed by atoms with Gasteiger partial charge in [0.15, 0.2) is 5.72 Å². The van der Waals surface area contributed by atoms with Crippen LogP contribution in [0.4, 0.5) is 10.5 Å². The van der Waals surface area contributed by atoms with Gasteiger partial charge in [-0.3, -0.25) is 10.1 Å². The minimum absolute atomic E-state index is 0.0703. The number of hydrogen-bond donors (Lipinski definition) is 1. The molecular weight excluding hydrogens is 314 g/mol. The van der Waals surface area contributed by atoms with Crippen molar-refractivity contribution in [2.45, 2.75) is 31.4 Å². The fourth-order valence-electron chi connectivity index (χ4n) is 2.87. The number of nitro benzene ring substituents is 1. The van der Waals surface area contributed by atoms with E-state index in [1.807, 2.05) is 17.3 Å². The Morgan fingerprint density at radius 2 is 1.79 bits per heavy atom. The predicted molar refractivity (Wildman–Crippen MR) is 84.7 cm³/mol. The second-order valence-electron chi connectivity index (χ2n) is 5.56. The van der Waals surface area contributed by atoms with E-state index in [9.17, 15) is 14.9 Å². The summed E-state index contributed by atoms with van der Waals surface area (Å²) in [5.74, 6) is 0.199. The molecule has 1 aromatic carbocycles. The van der Waals surface area contributed by atoms with Gasteiger partial charge in [-0.1, -0.05) is 0 Å². The predicted octanol–water partition coefficient (Wildman–Crippen LogP) is 3.23. The van der Waals surface area contributed by atoms with Gasteiger partial charge in [0.2, 0.25) is 0 Å². The summed E-state index contributed by atoms with van der Waals surface area (Å²) in [5, 5.41) is 13.6. The summed E-state index contributed by atoms with van der Waals surface area (Å²) >= 11 is 0. The van der Waals surface area contributed by atoms with Crippen LogP contribution in [0.25, 0.3) is 0 Å². The summed E-state index contributed by atoms with van der Waals surface area (Å²) in [5.41, 5.74) is -0.827. The molecule has 1 heterocycles. The van der Waals surface area contributed by atoms with Crippen LogP contribution in [0, 0.1) is 10.1 Å². The first-order valence-electron chi connectivity index (χ1n) is 7.62. The van der Waals surface area contributed by atoms with Crippen LogP contribution in [-0.4, -0.2) is 21.7 Å². The zero-order valence-electron chi connectivity index (χ0n) is 12.9. The third kappa shape index (κ3) is 3.32. The minimum atomic E-state index is -0.828. The number of non-ortho nitro benzene ring substituents is 1. The number of rotatable bonds is 4. The van der Waals surface area contributed by atoms with E-state index < -0.39 is 16.8 Å². The van der Waals surface area contributed by atoms with Crippen molar-refractivity contribution in [1.82, 2.24) is 10.2 Å². The molecule has 3 rings (SSSR count). The van der Waals surface area contributed by atoms with Gasteiger partial charge in [-0.2, -0.15) is 0 Å². The lowest BCUT2D eigenvalue weighted by Gasteiger charge is -2.37. The highest BCUT2D eigenvalue weighted by Gasteiger charge is 2.42. The minimum Gasteiger partial charge on any atom is -0.407 e. The zero-order valence-corrected chi connectivity index (χ0v) is 12.9. The average molecular weight is 331 g/mol. The third-order valence-corrected chi connectivity index (χ3v) is 4.04. The van der Waals surface area contributed by atoms with E-state index in [0.29, 0.717) is 12.8 Å². The summed E-state index contributed by atoms with van der Waals surface area (Å²) in [7, 11) is 0. The summed E-state index contributed by atoms with van der Waals surface area (Å²) < 4.78 is 10.8. The summed E-state index contributed by atoms with van der Waals surface area (Å²) in [6.07, 6.45) is 9.62. The molecule has 0 radical (unpaired) electrons. The number of benzene rings is 1. The van der Waals surface area contributed by atoms with Gasteiger partial charge in [-0.05, 0) is 25.0 Å². The summed E-state index contributed by atoms with van der Waals surface area (Å²) in [4.78, 5) is 24.1. The van der Waals surface area contributed by atoms with Crippen LogP contribution in [0.15, 0.2) is 49.1 Å². The van der Waals surface area contributed by atoms with Gasteiger partial charge in [0, 0.05) is 49.8 Å². The molecule has 0 unspecified atom stereocenters. The van der Waals surface area contributed by atoms with Crippen molar-refractivity contribution in [3.63, 3.8) is 0 Å². The Bertz CT molecular complexity index is 665. The smallest absolute Gasteiger partial charge is 0.407 e. The van der Waals surface area contributed by atoms with Crippen molar-refractivity contribution in [3.05, 3.63) is 59.2 Å². The fourth-order valence-corrected chi connectivity index (χ4v) is 2.87. The van der Waals surface area contributed by atoms with Crippen LogP contribution in [-0.2, 0) is 4.74 Å². The van der Waals surface area contributed by atoms with Crippen LogP contribution < -0.4 is 10.1 Å². The Morgan fingerprint density at radius 3 is 2.38 bits per heavy atom. The molecule has 0 atom stereocenters. The Hall–Kier alpha value is -3.03. The van der Waals surface area contributed by atoms with Gasteiger partial charge in [-0.25, -0.2) is 4.79 Å². The normalized spacial score (nSPS) is 18.1. The molecule has 1 fully saturated rings. The van der Waals surface area contributed by atoms with Crippen LogP contribution >= 0.6 is 0 Å². The summed E-state index contributed by atoms with van der Waals surface area (Å²) in [6, 6.07) is 5.28. The van der Waals surface area contributed by atoms with Gasteiger partial charge in [0.05, 0.1) is 4.92 Å². The molecule has 126 valence electrons. The standard InChI is InChI=1S/C16H17N3O5/c20-15(23-14-5-3-13(4-6-14)19(21)22)24-16(7-1-2-8-16)18-11-9-17-10-12-18/h3-6,9-12,17H,1-2,7-8H2. The molecule has 0 aromatic heterocycles. The lowest BCUT2D eigenvalue weighted by Crippen LogP contribution is -2.46. The van der Waals surface area contributed by atoms with E-state index in [1.165, 1.54) is 24.3 Å². The maximum Gasteiger partial charge on any atom is 0.516 e. The van der Waals surface area contributed by atoms with Crippen molar-refractivity contribution in [2.75, 3.05) is 0 Å². The van der Waals surface area contributed by atoms with E-state index in [0.717, 1.165) is 12.8 Å². The molecule has 2 aliphatic rings. The Kier molecular flexibility index (Phi) is 4.37. The third-order valence-electron chi connectivity index (χ3n) is 4.04. The Balaban J connectivity index is 1.67. The van der Waals surface area contributed by atoms with Gasteiger partial charge in [-0.15, -0.1) is 0 Å². The molecule has 1 aliphatic carbocycles. The first-order valence-corrected chi connectivity index (χ1v) is 7.62. The maximum atomic E-state index is 12.2. The molecule has 8 heteroatoms. The lowest BCUT2D eigenvalue weighted by atomic mass is 10.1. The topological polar surface area (TPSA) is 93.9 Å². The average Bonchev–Trinajstić information content (AvgIpc) is 3.05. The number of ether oxygens (including phenoxy) is 2. The molecular formula is C16H17N3O5. The molecule has 1 aromatic rings. The molecule has 0 spiro atoms. The van der Waals surface area contributed by atoms with Gasteiger partial charge < -0.3 is 19.7 Å². The largest absolute Gasteiger partial charge is 0.516 e. The van der Waals surface area contributed by atoms with Crippen LogP contribution in [0.3, 0.4) is 0 Å². The van der Waals surface area contributed by atoms with Crippen LogP contribution in [0.1, 0.15) is 25.7 Å².